The van der Waals surface area contributed by atoms with Crippen molar-refractivity contribution in [2.24, 2.45) is 17.8 Å². The van der Waals surface area contributed by atoms with E-state index in [4.69, 9.17) is 0 Å². The molecule has 0 bridgehead atoms. The lowest BCUT2D eigenvalue weighted by Crippen LogP contribution is -2.56. The molecule has 0 radical (unpaired) electrons. The number of aliphatic hydroxyl groups excluding tert-OH is 2. The summed E-state index contributed by atoms with van der Waals surface area (Å²) in [6.45, 7) is 7.76. The lowest BCUT2D eigenvalue weighted by atomic mass is 9.77. The Morgan fingerprint density at radius 2 is 1.73 bits per heavy atom. The monoisotopic (exact) mass is 370 g/mol. The van der Waals surface area contributed by atoms with E-state index in [1.807, 2.05) is 25.9 Å². The molecule has 0 spiro atoms. The summed E-state index contributed by atoms with van der Waals surface area (Å²) in [6.07, 6.45) is 6.16. The summed E-state index contributed by atoms with van der Waals surface area (Å²) in [5.74, 6) is 0.637. The van der Waals surface area contributed by atoms with Crippen molar-refractivity contribution in [3.05, 3.63) is 0 Å². The molecule has 0 aromatic carbocycles. The van der Waals surface area contributed by atoms with Crippen LogP contribution in [0.4, 0.5) is 0 Å². The molecule has 26 heavy (non-hydrogen) atoms. The highest BCUT2D eigenvalue weighted by molar-refractivity contribution is 5.79. The molecule has 0 aliphatic heterocycles. The lowest BCUT2D eigenvalue weighted by molar-refractivity contribution is -0.131. The summed E-state index contributed by atoms with van der Waals surface area (Å²) in [5.41, 5.74) is 0. The Hall–Kier alpha value is -0.490. The molecular weight excluding hydrogens is 328 g/mol. The Labute approximate surface area is 160 Å². The first-order valence-corrected chi connectivity index (χ1v) is 10.4. The van der Waals surface area contributed by atoms with Crippen molar-refractivity contribution in [1.82, 2.24) is 10.2 Å². The number of likely N-dealkylation sites (N-methyl/N-ethyl adjacent to an activating group) is 2. The Balaban J connectivity index is 2.94. The molecule has 1 aliphatic rings. The van der Waals surface area contributed by atoms with Crippen LogP contribution in [0.1, 0.15) is 72.6 Å². The molecule has 0 heterocycles. The number of ketones is 1. The molecule has 1 fully saturated rings. The minimum Gasteiger partial charge on any atom is -0.391 e. The zero-order chi connectivity index (χ0) is 19.9. The van der Waals surface area contributed by atoms with Crippen LogP contribution in [-0.4, -0.2) is 59.4 Å². The van der Waals surface area contributed by atoms with Gasteiger partial charge in [0.05, 0.1) is 6.10 Å². The zero-order valence-electron chi connectivity index (χ0n) is 17.7. The van der Waals surface area contributed by atoms with Crippen LogP contribution >= 0.6 is 0 Å². The van der Waals surface area contributed by atoms with E-state index in [1.165, 1.54) is 32.1 Å². The maximum atomic E-state index is 12.4. The van der Waals surface area contributed by atoms with Gasteiger partial charge in [0, 0.05) is 18.0 Å². The molecule has 1 saturated carbocycles. The second-order valence-electron chi connectivity index (χ2n) is 8.80. The number of Topliss-reactive ketones (excluding diaryl/α,β-unsaturated/α-hetero) is 1. The van der Waals surface area contributed by atoms with E-state index in [2.05, 4.69) is 19.2 Å². The second-order valence-corrected chi connectivity index (χ2v) is 8.80. The standard InChI is InChI=1S/C21H42N2O3/c1-14(2)12-19(23(6)21(26)15(3)22-5)20(25)18(16(4)24)13-17-10-8-7-9-11-17/h14-15,17-22,25-26H,7-13H2,1-6H3/t15-,18+,19+,20?,21?/m1/s1. The number of carbonyl (C=O) groups excluding carboxylic acids is 1. The number of carbonyl (C=O) groups is 1. The van der Waals surface area contributed by atoms with Gasteiger partial charge in [-0.05, 0) is 52.6 Å². The molecule has 154 valence electrons. The van der Waals surface area contributed by atoms with E-state index in [1.54, 1.807) is 6.92 Å². The molecular formula is C21H42N2O3. The van der Waals surface area contributed by atoms with Crippen LogP contribution in [0, 0.1) is 17.8 Å². The van der Waals surface area contributed by atoms with Gasteiger partial charge < -0.3 is 15.5 Å². The molecule has 0 aromatic heterocycles. The third-order valence-electron chi connectivity index (χ3n) is 6.20. The minimum absolute atomic E-state index is 0.0707. The number of hydrogen-bond acceptors (Lipinski definition) is 5. The van der Waals surface area contributed by atoms with Gasteiger partial charge in [0.1, 0.15) is 12.0 Å². The highest BCUT2D eigenvalue weighted by atomic mass is 16.3. The van der Waals surface area contributed by atoms with Crippen molar-refractivity contribution in [3.63, 3.8) is 0 Å². The summed E-state index contributed by atoms with van der Waals surface area (Å²) < 4.78 is 0. The number of nitrogens with zero attached hydrogens (tertiary/aromatic N) is 1. The summed E-state index contributed by atoms with van der Waals surface area (Å²) in [6, 6.07) is -0.353. The van der Waals surface area contributed by atoms with Crippen molar-refractivity contribution >= 4 is 5.78 Å². The van der Waals surface area contributed by atoms with Crippen LogP contribution < -0.4 is 5.32 Å². The van der Waals surface area contributed by atoms with Gasteiger partial charge in [0.15, 0.2) is 0 Å². The summed E-state index contributed by atoms with van der Waals surface area (Å²) in [5, 5.41) is 24.9. The van der Waals surface area contributed by atoms with Crippen molar-refractivity contribution in [2.75, 3.05) is 14.1 Å². The fourth-order valence-corrected chi connectivity index (χ4v) is 4.32. The van der Waals surface area contributed by atoms with Crippen LogP contribution in [0.2, 0.25) is 0 Å². The fraction of sp³-hybridized carbons (Fsp3) is 0.952. The molecule has 0 amide bonds. The van der Waals surface area contributed by atoms with Gasteiger partial charge in [-0.25, -0.2) is 0 Å². The maximum absolute atomic E-state index is 12.4. The van der Waals surface area contributed by atoms with E-state index in [0.29, 0.717) is 11.8 Å². The smallest absolute Gasteiger partial charge is 0.135 e. The third kappa shape index (κ3) is 6.91. The van der Waals surface area contributed by atoms with Gasteiger partial charge in [-0.1, -0.05) is 46.0 Å². The highest BCUT2D eigenvalue weighted by Gasteiger charge is 2.37. The normalized spacial score (nSPS) is 22.2. The van der Waals surface area contributed by atoms with Crippen molar-refractivity contribution in [3.8, 4) is 0 Å². The van der Waals surface area contributed by atoms with Gasteiger partial charge in [-0.15, -0.1) is 0 Å². The molecule has 0 saturated heterocycles. The predicted molar refractivity (Wildman–Crippen MR) is 107 cm³/mol. The number of nitrogens with one attached hydrogen (secondary N) is 1. The zero-order valence-corrected chi connectivity index (χ0v) is 17.7. The van der Waals surface area contributed by atoms with E-state index >= 15 is 0 Å². The van der Waals surface area contributed by atoms with Crippen LogP contribution in [0.25, 0.3) is 0 Å². The number of aliphatic hydroxyl groups is 2. The van der Waals surface area contributed by atoms with Crippen LogP contribution in [-0.2, 0) is 4.79 Å². The first-order chi connectivity index (χ1) is 12.2. The maximum Gasteiger partial charge on any atom is 0.135 e. The van der Waals surface area contributed by atoms with E-state index in [0.717, 1.165) is 12.8 Å². The van der Waals surface area contributed by atoms with E-state index in [9.17, 15) is 15.0 Å². The average molecular weight is 371 g/mol. The lowest BCUT2D eigenvalue weighted by Gasteiger charge is -2.41. The SMILES string of the molecule is CN[C@H](C)C(O)N(C)[C@@H](CC(C)C)C(O)[C@@H](CC1CCCCC1)C(C)=O. The van der Waals surface area contributed by atoms with E-state index < -0.39 is 12.3 Å². The molecule has 5 nitrogen and oxygen atoms in total. The van der Waals surface area contributed by atoms with Crippen LogP contribution in [0.15, 0.2) is 0 Å². The van der Waals surface area contributed by atoms with Crippen molar-refractivity contribution < 1.29 is 15.0 Å². The van der Waals surface area contributed by atoms with Gasteiger partial charge >= 0.3 is 0 Å². The number of hydrogen-bond donors (Lipinski definition) is 3. The summed E-state index contributed by atoms with van der Waals surface area (Å²) in [7, 11) is 3.67. The molecule has 5 atom stereocenters. The van der Waals surface area contributed by atoms with Crippen molar-refractivity contribution in [1.29, 1.82) is 0 Å². The Morgan fingerprint density at radius 1 is 1.15 bits per heavy atom. The topological polar surface area (TPSA) is 72.8 Å². The fourth-order valence-electron chi connectivity index (χ4n) is 4.32. The highest BCUT2D eigenvalue weighted by Crippen LogP contribution is 2.32. The van der Waals surface area contributed by atoms with Gasteiger partial charge in [-0.3, -0.25) is 9.69 Å². The Kier molecular flexibility index (Phi) is 10.3. The average Bonchev–Trinajstić information content (AvgIpc) is 2.62. The van der Waals surface area contributed by atoms with Gasteiger partial charge in [0.2, 0.25) is 0 Å². The number of rotatable bonds is 11. The molecule has 3 N–H and O–H groups in total. The van der Waals surface area contributed by atoms with Crippen LogP contribution in [0.3, 0.4) is 0 Å². The Bertz CT molecular complexity index is 410. The van der Waals surface area contributed by atoms with Gasteiger partial charge in [0.25, 0.3) is 0 Å². The van der Waals surface area contributed by atoms with Gasteiger partial charge in [-0.2, -0.15) is 0 Å². The quantitative estimate of drug-likeness (QED) is 0.488. The second kappa shape index (κ2) is 11.4. The summed E-state index contributed by atoms with van der Waals surface area (Å²) >= 11 is 0. The predicted octanol–water partition coefficient (Wildman–Crippen LogP) is 2.80. The molecule has 5 heteroatoms. The third-order valence-corrected chi connectivity index (χ3v) is 6.20. The Morgan fingerprint density at radius 3 is 2.19 bits per heavy atom. The largest absolute Gasteiger partial charge is 0.391 e. The first-order valence-electron chi connectivity index (χ1n) is 10.4. The van der Waals surface area contributed by atoms with Crippen molar-refractivity contribution in [2.45, 2.75) is 97.1 Å². The molecule has 0 aromatic rings. The first kappa shape index (κ1) is 23.5. The molecule has 1 rings (SSSR count). The minimum atomic E-state index is -0.750. The molecule has 1 aliphatic carbocycles. The van der Waals surface area contributed by atoms with E-state index in [-0.39, 0.29) is 23.8 Å². The molecule has 2 unspecified atom stereocenters. The van der Waals surface area contributed by atoms with Crippen LogP contribution in [0.5, 0.6) is 0 Å². The summed E-state index contributed by atoms with van der Waals surface area (Å²) in [4.78, 5) is 14.2.